The Hall–Kier alpha value is -2.38. The first-order chi connectivity index (χ1) is 13.9. The molecule has 0 atom stereocenters. The molecule has 1 amide bonds. The van der Waals surface area contributed by atoms with Gasteiger partial charge < -0.3 is 5.32 Å². The Kier molecular flexibility index (Phi) is 8.67. The fourth-order valence-corrected chi connectivity index (χ4v) is 4.18. The van der Waals surface area contributed by atoms with Crippen molar-refractivity contribution in [2.75, 3.05) is 23.6 Å². The Morgan fingerprint density at radius 3 is 2.34 bits per heavy atom. The number of anilines is 1. The lowest BCUT2D eigenvalue weighted by molar-refractivity contribution is 0.0951. The molecular formula is C22H31N3O3S. The smallest absolute Gasteiger partial charge is 0.251 e. The fourth-order valence-electron chi connectivity index (χ4n) is 3.05. The normalized spacial score (nSPS) is 11.4. The van der Waals surface area contributed by atoms with Crippen molar-refractivity contribution in [3.63, 3.8) is 0 Å². The van der Waals surface area contributed by atoms with Crippen molar-refractivity contribution in [2.24, 2.45) is 0 Å². The molecule has 0 saturated carbocycles. The Morgan fingerprint density at radius 2 is 1.66 bits per heavy atom. The average molecular weight is 418 g/mol. The van der Waals surface area contributed by atoms with Crippen molar-refractivity contribution in [3.05, 3.63) is 65.2 Å². The minimum absolute atomic E-state index is 0.0489. The van der Waals surface area contributed by atoms with E-state index in [1.165, 1.54) is 5.56 Å². The molecule has 29 heavy (non-hydrogen) atoms. The van der Waals surface area contributed by atoms with Crippen LogP contribution in [0.15, 0.2) is 48.5 Å². The van der Waals surface area contributed by atoms with E-state index in [1.54, 1.807) is 31.2 Å². The Balaban J connectivity index is 2.00. The quantitative estimate of drug-likeness (QED) is 0.585. The van der Waals surface area contributed by atoms with Crippen molar-refractivity contribution >= 4 is 21.6 Å². The molecule has 7 heteroatoms. The van der Waals surface area contributed by atoms with Gasteiger partial charge in [0.1, 0.15) is 0 Å². The standard InChI is InChI=1S/C22H31N3O3S/c1-4-13-29(27,28)24-21-12-8-11-20(15-21)22(26)23-16-18-9-7-10-19(14-18)17-25(5-2)6-3/h7-12,14-15,24H,4-6,13,16-17H2,1-3H3,(H,23,26). The molecule has 0 fully saturated rings. The average Bonchev–Trinajstić information content (AvgIpc) is 2.70. The van der Waals surface area contributed by atoms with Crippen molar-refractivity contribution < 1.29 is 13.2 Å². The molecule has 2 N–H and O–H groups in total. The summed E-state index contributed by atoms with van der Waals surface area (Å²) in [6.07, 6.45) is 0.531. The summed E-state index contributed by atoms with van der Waals surface area (Å²) < 4.78 is 26.4. The van der Waals surface area contributed by atoms with E-state index in [1.807, 2.05) is 12.1 Å². The first-order valence-electron chi connectivity index (χ1n) is 10.1. The third-order valence-corrected chi connectivity index (χ3v) is 6.11. The van der Waals surface area contributed by atoms with E-state index in [2.05, 4.69) is 40.9 Å². The number of hydrogen-bond donors (Lipinski definition) is 2. The summed E-state index contributed by atoms with van der Waals surface area (Å²) in [5.74, 6) is -0.191. The van der Waals surface area contributed by atoms with Gasteiger partial charge in [-0.25, -0.2) is 8.42 Å². The van der Waals surface area contributed by atoms with Crippen LogP contribution in [0.1, 0.15) is 48.7 Å². The summed E-state index contributed by atoms with van der Waals surface area (Å²) >= 11 is 0. The van der Waals surface area contributed by atoms with E-state index in [0.29, 0.717) is 24.2 Å². The molecule has 0 saturated heterocycles. The number of rotatable bonds is 11. The zero-order chi connectivity index (χ0) is 21.3. The third kappa shape index (κ3) is 7.51. The highest BCUT2D eigenvalue weighted by molar-refractivity contribution is 7.92. The Labute approximate surface area is 174 Å². The first-order valence-corrected chi connectivity index (χ1v) is 11.7. The highest BCUT2D eigenvalue weighted by Gasteiger charge is 2.11. The van der Waals surface area contributed by atoms with Gasteiger partial charge >= 0.3 is 0 Å². The molecule has 0 aliphatic heterocycles. The number of benzene rings is 2. The van der Waals surface area contributed by atoms with Gasteiger partial charge in [-0.05, 0) is 48.8 Å². The summed E-state index contributed by atoms with van der Waals surface area (Å²) in [4.78, 5) is 14.9. The largest absolute Gasteiger partial charge is 0.348 e. The van der Waals surface area contributed by atoms with Gasteiger partial charge in [0.05, 0.1) is 5.75 Å². The van der Waals surface area contributed by atoms with E-state index in [0.717, 1.165) is 25.2 Å². The summed E-state index contributed by atoms with van der Waals surface area (Å²) in [5.41, 5.74) is 3.06. The minimum Gasteiger partial charge on any atom is -0.348 e. The molecule has 0 bridgehead atoms. The predicted molar refractivity (Wildman–Crippen MR) is 118 cm³/mol. The molecule has 2 rings (SSSR count). The monoisotopic (exact) mass is 417 g/mol. The number of hydrogen-bond acceptors (Lipinski definition) is 4. The second kappa shape index (κ2) is 11.0. The molecular weight excluding hydrogens is 386 g/mol. The van der Waals surface area contributed by atoms with Gasteiger partial charge in [-0.1, -0.05) is 51.1 Å². The number of carbonyl (C=O) groups is 1. The van der Waals surface area contributed by atoms with E-state index in [-0.39, 0.29) is 11.7 Å². The van der Waals surface area contributed by atoms with Crippen molar-refractivity contribution in [3.8, 4) is 0 Å². The summed E-state index contributed by atoms with van der Waals surface area (Å²) in [6.45, 7) is 9.38. The molecule has 0 radical (unpaired) electrons. The highest BCUT2D eigenvalue weighted by Crippen LogP contribution is 2.14. The molecule has 2 aromatic rings. The van der Waals surface area contributed by atoms with Crippen LogP contribution >= 0.6 is 0 Å². The van der Waals surface area contributed by atoms with Crippen LogP contribution in [0.4, 0.5) is 5.69 Å². The Morgan fingerprint density at radius 1 is 0.966 bits per heavy atom. The molecule has 0 aromatic heterocycles. The van der Waals surface area contributed by atoms with Gasteiger partial charge in [0.2, 0.25) is 10.0 Å². The van der Waals surface area contributed by atoms with Crippen molar-refractivity contribution in [1.29, 1.82) is 0 Å². The van der Waals surface area contributed by atoms with E-state index < -0.39 is 10.0 Å². The van der Waals surface area contributed by atoms with E-state index >= 15 is 0 Å². The summed E-state index contributed by atoms with van der Waals surface area (Å²) in [6, 6.07) is 14.7. The minimum atomic E-state index is -3.39. The van der Waals surface area contributed by atoms with Crippen molar-refractivity contribution in [1.82, 2.24) is 10.2 Å². The van der Waals surface area contributed by atoms with E-state index in [9.17, 15) is 13.2 Å². The second-order valence-corrected chi connectivity index (χ2v) is 8.81. The lowest BCUT2D eigenvalue weighted by atomic mass is 10.1. The van der Waals surface area contributed by atoms with Crippen LogP contribution in [0.25, 0.3) is 0 Å². The lowest BCUT2D eigenvalue weighted by Gasteiger charge is -2.18. The molecule has 158 valence electrons. The molecule has 0 aliphatic carbocycles. The van der Waals surface area contributed by atoms with Gasteiger partial charge in [0.15, 0.2) is 0 Å². The van der Waals surface area contributed by atoms with Gasteiger partial charge in [-0.3, -0.25) is 14.4 Å². The molecule has 0 unspecified atom stereocenters. The molecule has 2 aromatic carbocycles. The number of nitrogens with one attached hydrogen (secondary N) is 2. The molecule has 0 spiro atoms. The number of amides is 1. The first kappa shape index (κ1) is 22.9. The topological polar surface area (TPSA) is 78.5 Å². The van der Waals surface area contributed by atoms with Gasteiger partial charge in [0.25, 0.3) is 5.91 Å². The van der Waals surface area contributed by atoms with Crippen LogP contribution in [0.2, 0.25) is 0 Å². The summed E-state index contributed by atoms with van der Waals surface area (Å²) in [7, 11) is -3.39. The van der Waals surface area contributed by atoms with Crippen LogP contribution in [0.3, 0.4) is 0 Å². The number of nitrogens with zero attached hydrogens (tertiary/aromatic N) is 1. The summed E-state index contributed by atoms with van der Waals surface area (Å²) in [5, 5.41) is 2.91. The van der Waals surface area contributed by atoms with Crippen LogP contribution < -0.4 is 10.0 Å². The molecule has 0 aliphatic rings. The lowest BCUT2D eigenvalue weighted by Crippen LogP contribution is -2.24. The maximum absolute atomic E-state index is 12.5. The van der Waals surface area contributed by atoms with Crippen molar-refractivity contribution in [2.45, 2.75) is 40.3 Å². The third-order valence-electron chi connectivity index (χ3n) is 4.62. The van der Waals surface area contributed by atoms with Gasteiger partial charge in [-0.15, -0.1) is 0 Å². The highest BCUT2D eigenvalue weighted by atomic mass is 32.2. The fraction of sp³-hybridized carbons (Fsp3) is 0.409. The maximum Gasteiger partial charge on any atom is 0.251 e. The van der Waals surface area contributed by atoms with Crippen LogP contribution in [0.5, 0.6) is 0 Å². The van der Waals surface area contributed by atoms with E-state index in [4.69, 9.17) is 0 Å². The molecule has 0 heterocycles. The maximum atomic E-state index is 12.5. The van der Waals surface area contributed by atoms with Gasteiger partial charge in [-0.2, -0.15) is 0 Å². The van der Waals surface area contributed by atoms with Crippen LogP contribution in [-0.4, -0.2) is 38.1 Å². The number of carbonyl (C=O) groups excluding carboxylic acids is 1. The number of sulfonamides is 1. The zero-order valence-electron chi connectivity index (χ0n) is 17.4. The van der Waals surface area contributed by atoms with Crippen LogP contribution in [-0.2, 0) is 23.1 Å². The van der Waals surface area contributed by atoms with Gasteiger partial charge in [0, 0.05) is 24.3 Å². The zero-order valence-corrected chi connectivity index (χ0v) is 18.3. The molecule has 6 nitrogen and oxygen atoms in total. The SMILES string of the molecule is CCCS(=O)(=O)Nc1cccc(C(=O)NCc2cccc(CN(CC)CC)c2)c1. The Bertz CT molecular complexity index is 909. The predicted octanol–water partition coefficient (Wildman–Crippen LogP) is 3.61. The second-order valence-electron chi connectivity index (χ2n) is 6.97. The van der Waals surface area contributed by atoms with Crippen LogP contribution in [0, 0.1) is 0 Å².